The number of nitrogens with zero attached hydrogens (tertiary/aromatic N) is 3. The first-order chi connectivity index (χ1) is 11.6. The van der Waals surface area contributed by atoms with Gasteiger partial charge in [-0.25, -0.2) is 0 Å². The molecule has 0 aliphatic heterocycles. The Bertz CT molecular complexity index is 888. The first kappa shape index (κ1) is 16.2. The van der Waals surface area contributed by atoms with Crippen LogP contribution in [-0.2, 0) is 6.42 Å². The van der Waals surface area contributed by atoms with Crippen LogP contribution in [0.3, 0.4) is 0 Å². The van der Waals surface area contributed by atoms with E-state index in [1.807, 2.05) is 43.3 Å². The number of carbonyl (C=O) groups excluding carboxylic acids is 1. The second-order valence-electron chi connectivity index (χ2n) is 5.37. The van der Waals surface area contributed by atoms with E-state index in [4.69, 9.17) is 11.6 Å². The Morgan fingerprint density at radius 2 is 1.96 bits per heavy atom. The van der Waals surface area contributed by atoms with Crippen LogP contribution in [0.1, 0.15) is 28.7 Å². The van der Waals surface area contributed by atoms with Gasteiger partial charge in [-0.1, -0.05) is 42.8 Å². The molecule has 0 fully saturated rings. The predicted octanol–water partition coefficient (Wildman–Crippen LogP) is 4.04. The fourth-order valence-electron chi connectivity index (χ4n) is 2.44. The Kier molecular flexibility index (Phi) is 4.62. The predicted molar refractivity (Wildman–Crippen MR) is 94.9 cm³/mol. The van der Waals surface area contributed by atoms with Crippen LogP contribution in [0.25, 0.3) is 5.69 Å². The fraction of sp³-hybridized carbons (Fsp3) is 0.167. The van der Waals surface area contributed by atoms with Crippen LogP contribution in [0.5, 0.6) is 0 Å². The highest BCUT2D eigenvalue weighted by Crippen LogP contribution is 2.18. The highest BCUT2D eigenvalue weighted by Gasteiger charge is 2.17. The van der Waals surface area contributed by atoms with E-state index in [1.165, 1.54) is 4.80 Å². The van der Waals surface area contributed by atoms with E-state index in [1.54, 1.807) is 19.1 Å². The molecule has 0 spiro atoms. The van der Waals surface area contributed by atoms with E-state index in [9.17, 15) is 4.79 Å². The number of hydrogen-bond acceptors (Lipinski definition) is 3. The molecule has 0 saturated heterocycles. The normalized spacial score (nSPS) is 10.6. The Balaban J connectivity index is 1.88. The molecule has 6 heteroatoms. The number of nitrogens with one attached hydrogen (secondary N) is 1. The highest BCUT2D eigenvalue weighted by atomic mass is 35.5. The third-order valence-corrected chi connectivity index (χ3v) is 3.92. The van der Waals surface area contributed by atoms with Gasteiger partial charge in [0.25, 0.3) is 5.91 Å². The number of aromatic nitrogens is 3. The van der Waals surface area contributed by atoms with E-state index >= 15 is 0 Å². The summed E-state index contributed by atoms with van der Waals surface area (Å²) >= 11 is 6.00. The second kappa shape index (κ2) is 6.84. The van der Waals surface area contributed by atoms with Crippen molar-refractivity contribution in [2.24, 2.45) is 0 Å². The van der Waals surface area contributed by atoms with Crippen molar-refractivity contribution in [1.29, 1.82) is 0 Å². The molecule has 0 unspecified atom stereocenters. The molecule has 0 aliphatic carbocycles. The molecule has 122 valence electrons. The number of benzene rings is 2. The summed E-state index contributed by atoms with van der Waals surface area (Å²) in [6, 6.07) is 14.9. The second-order valence-corrected chi connectivity index (χ2v) is 5.80. The molecule has 0 bridgehead atoms. The summed E-state index contributed by atoms with van der Waals surface area (Å²) in [7, 11) is 0. The lowest BCUT2D eigenvalue weighted by Gasteiger charge is -2.08. The highest BCUT2D eigenvalue weighted by molar-refractivity contribution is 6.30. The van der Waals surface area contributed by atoms with Crippen molar-refractivity contribution in [1.82, 2.24) is 15.0 Å². The zero-order valence-corrected chi connectivity index (χ0v) is 14.2. The Hall–Kier alpha value is -2.66. The van der Waals surface area contributed by atoms with E-state index in [2.05, 4.69) is 15.5 Å². The molecule has 3 rings (SSSR count). The molecular formula is C18H17ClN4O. The topological polar surface area (TPSA) is 59.8 Å². The van der Waals surface area contributed by atoms with Gasteiger partial charge in [-0.3, -0.25) is 4.79 Å². The summed E-state index contributed by atoms with van der Waals surface area (Å²) in [5.74, 6) is -0.276. The summed E-state index contributed by atoms with van der Waals surface area (Å²) in [4.78, 5) is 14.0. The summed E-state index contributed by atoms with van der Waals surface area (Å²) in [5.41, 5.74) is 3.42. The lowest BCUT2D eigenvalue weighted by Crippen LogP contribution is -2.15. The lowest BCUT2D eigenvalue weighted by molar-refractivity contribution is 0.102. The van der Waals surface area contributed by atoms with Gasteiger partial charge in [-0.15, -0.1) is 5.10 Å². The largest absolute Gasteiger partial charge is 0.320 e. The number of hydrogen-bond donors (Lipinski definition) is 1. The van der Waals surface area contributed by atoms with Gasteiger partial charge in [-0.05, 0) is 43.2 Å². The minimum Gasteiger partial charge on any atom is -0.320 e. The molecule has 3 aromatic rings. The summed E-state index contributed by atoms with van der Waals surface area (Å²) < 4.78 is 0. The van der Waals surface area contributed by atoms with E-state index in [0.29, 0.717) is 22.1 Å². The van der Waals surface area contributed by atoms with Crippen molar-refractivity contribution in [3.63, 3.8) is 0 Å². The van der Waals surface area contributed by atoms with E-state index in [-0.39, 0.29) is 5.91 Å². The maximum Gasteiger partial charge on any atom is 0.278 e. The molecule has 1 amide bonds. The van der Waals surface area contributed by atoms with Crippen molar-refractivity contribution in [3.05, 3.63) is 70.5 Å². The maximum absolute atomic E-state index is 12.6. The van der Waals surface area contributed by atoms with Gasteiger partial charge in [-0.2, -0.15) is 9.90 Å². The average Bonchev–Trinajstić information content (AvgIpc) is 2.97. The average molecular weight is 341 g/mol. The number of anilines is 1. The summed E-state index contributed by atoms with van der Waals surface area (Å²) in [5, 5.41) is 12.1. The third kappa shape index (κ3) is 3.31. The number of rotatable bonds is 4. The summed E-state index contributed by atoms with van der Waals surface area (Å²) in [6.07, 6.45) is 0.838. The van der Waals surface area contributed by atoms with Crippen molar-refractivity contribution < 1.29 is 4.79 Å². The van der Waals surface area contributed by atoms with Crippen LogP contribution in [0.15, 0.2) is 48.5 Å². The van der Waals surface area contributed by atoms with Crippen LogP contribution in [0, 0.1) is 6.92 Å². The fourth-order valence-corrected chi connectivity index (χ4v) is 2.62. The quantitative estimate of drug-likeness (QED) is 0.779. The van der Waals surface area contributed by atoms with Gasteiger partial charge >= 0.3 is 0 Å². The molecule has 1 heterocycles. The van der Waals surface area contributed by atoms with Crippen molar-refractivity contribution in [3.8, 4) is 5.69 Å². The molecule has 0 atom stereocenters. The summed E-state index contributed by atoms with van der Waals surface area (Å²) in [6.45, 7) is 3.81. The van der Waals surface area contributed by atoms with E-state index in [0.717, 1.165) is 17.7 Å². The van der Waals surface area contributed by atoms with Gasteiger partial charge in [0.1, 0.15) is 0 Å². The number of aryl methyl sites for hydroxylation is 2. The Morgan fingerprint density at radius 1 is 1.17 bits per heavy atom. The van der Waals surface area contributed by atoms with Crippen molar-refractivity contribution >= 4 is 23.2 Å². The van der Waals surface area contributed by atoms with Crippen LogP contribution in [0.2, 0.25) is 5.02 Å². The van der Waals surface area contributed by atoms with Crippen LogP contribution in [-0.4, -0.2) is 20.9 Å². The van der Waals surface area contributed by atoms with Crippen molar-refractivity contribution in [2.45, 2.75) is 20.3 Å². The van der Waals surface area contributed by atoms with Gasteiger partial charge in [0.05, 0.1) is 11.4 Å². The molecular weight excluding hydrogens is 324 g/mol. The number of amides is 1. The molecule has 24 heavy (non-hydrogen) atoms. The minimum atomic E-state index is -0.276. The third-order valence-electron chi connectivity index (χ3n) is 3.68. The zero-order valence-electron chi connectivity index (χ0n) is 13.5. The molecule has 0 saturated carbocycles. The Morgan fingerprint density at radius 3 is 2.71 bits per heavy atom. The molecule has 5 nitrogen and oxygen atoms in total. The molecule has 1 N–H and O–H groups in total. The molecule has 1 aromatic heterocycles. The lowest BCUT2D eigenvalue weighted by atomic mass is 10.1. The first-order valence-electron chi connectivity index (χ1n) is 7.67. The van der Waals surface area contributed by atoms with Crippen LogP contribution in [0.4, 0.5) is 5.69 Å². The number of carbonyl (C=O) groups is 1. The monoisotopic (exact) mass is 340 g/mol. The standard InChI is InChI=1S/C18H17ClN4O/c1-3-13-7-4-5-10-16(13)20-18(24)17-12(2)21-23(22-17)15-9-6-8-14(19)11-15/h4-11H,3H2,1-2H3,(H,20,24). The van der Waals surface area contributed by atoms with Gasteiger partial charge in [0.15, 0.2) is 5.69 Å². The Labute approximate surface area is 145 Å². The first-order valence-corrected chi connectivity index (χ1v) is 8.05. The smallest absolute Gasteiger partial charge is 0.278 e. The zero-order chi connectivity index (χ0) is 17.1. The molecule has 0 radical (unpaired) electrons. The SMILES string of the molecule is CCc1ccccc1NC(=O)c1nn(-c2cccc(Cl)c2)nc1C. The van der Waals surface area contributed by atoms with Gasteiger partial charge in [0.2, 0.25) is 0 Å². The number of para-hydroxylation sites is 1. The van der Waals surface area contributed by atoms with Crippen LogP contribution < -0.4 is 5.32 Å². The minimum absolute atomic E-state index is 0.276. The van der Waals surface area contributed by atoms with Gasteiger partial charge < -0.3 is 5.32 Å². The number of halogens is 1. The van der Waals surface area contributed by atoms with Gasteiger partial charge in [0, 0.05) is 10.7 Å². The van der Waals surface area contributed by atoms with E-state index < -0.39 is 0 Å². The molecule has 2 aromatic carbocycles. The van der Waals surface area contributed by atoms with Crippen molar-refractivity contribution in [2.75, 3.05) is 5.32 Å². The maximum atomic E-state index is 12.6. The van der Waals surface area contributed by atoms with Crippen LogP contribution >= 0.6 is 11.6 Å². The molecule has 0 aliphatic rings.